The number of furan rings is 1. The van der Waals surface area contributed by atoms with Gasteiger partial charge in [-0.1, -0.05) is 23.2 Å². The summed E-state index contributed by atoms with van der Waals surface area (Å²) < 4.78 is 5.40. The summed E-state index contributed by atoms with van der Waals surface area (Å²) in [5.74, 6) is 1.69. The van der Waals surface area contributed by atoms with Crippen molar-refractivity contribution in [1.29, 1.82) is 0 Å². The molecular weight excluding hydrogens is 249 g/mol. The van der Waals surface area contributed by atoms with Crippen molar-refractivity contribution in [2.75, 3.05) is 5.32 Å². The summed E-state index contributed by atoms with van der Waals surface area (Å²) in [6.45, 7) is 2.41. The van der Waals surface area contributed by atoms with Gasteiger partial charge in [-0.05, 0) is 19.1 Å². The fraction of sp³-hybridized carbons (Fsp3) is 0.200. The molecule has 0 bridgehead atoms. The standard InChI is InChI=1S/C10H9Cl2N3O/c1-6-2-3-7(16-6)5-13-8-4-9(11)14-15-10(8)12/h2-4H,5H2,1H3,(H,13,14). The molecule has 0 fully saturated rings. The van der Waals surface area contributed by atoms with Crippen molar-refractivity contribution in [2.45, 2.75) is 13.5 Å². The van der Waals surface area contributed by atoms with Gasteiger partial charge < -0.3 is 9.73 Å². The zero-order valence-corrected chi connectivity index (χ0v) is 10.0. The lowest BCUT2D eigenvalue weighted by atomic mass is 10.4. The molecule has 0 amide bonds. The molecule has 16 heavy (non-hydrogen) atoms. The van der Waals surface area contributed by atoms with Gasteiger partial charge in [0.1, 0.15) is 11.5 Å². The van der Waals surface area contributed by atoms with Crippen LogP contribution in [0.25, 0.3) is 0 Å². The molecule has 84 valence electrons. The molecular formula is C10H9Cl2N3O. The molecule has 1 N–H and O–H groups in total. The lowest BCUT2D eigenvalue weighted by Gasteiger charge is -2.05. The highest BCUT2D eigenvalue weighted by Crippen LogP contribution is 2.21. The van der Waals surface area contributed by atoms with E-state index in [1.165, 1.54) is 0 Å². The number of nitrogens with one attached hydrogen (secondary N) is 1. The largest absolute Gasteiger partial charge is 0.465 e. The fourth-order valence-corrected chi connectivity index (χ4v) is 1.55. The van der Waals surface area contributed by atoms with Crippen LogP contribution in [0.3, 0.4) is 0 Å². The van der Waals surface area contributed by atoms with Crippen LogP contribution >= 0.6 is 23.2 Å². The molecule has 0 saturated heterocycles. The SMILES string of the molecule is Cc1ccc(CNc2cc(Cl)nnc2Cl)o1. The molecule has 2 rings (SSSR count). The molecule has 0 saturated carbocycles. The first-order valence-electron chi connectivity index (χ1n) is 4.63. The summed E-state index contributed by atoms with van der Waals surface area (Å²) in [5.41, 5.74) is 0.635. The van der Waals surface area contributed by atoms with Crippen LogP contribution in [-0.2, 0) is 6.54 Å². The summed E-state index contributed by atoms with van der Waals surface area (Å²) in [4.78, 5) is 0. The van der Waals surface area contributed by atoms with Crippen molar-refractivity contribution in [3.8, 4) is 0 Å². The van der Waals surface area contributed by atoms with E-state index in [0.717, 1.165) is 11.5 Å². The van der Waals surface area contributed by atoms with Crippen LogP contribution in [0.4, 0.5) is 5.69 Å². The maximum absolute atomic E-state index is 5.84. The predicted octanol–water partition coefficient (Wildman–Crippen LogP) is 3.30. The van der Waals surface area contributed by atoms with Crippen molar-refractivity contribution in [1.82, 2.24) is 10.2 Å². The van der Waals surface area contributed by atoms with E-state index in [-0.39, 0.29) is 5.15 Å². The number of anilines is 1. The first-order chi connectivity index (χ1) is 7.65. The van der Waals surface area contributed by atoms with Crippen LogP contribution in [-0.4, -0.2) is 10.2 Å². The number of hydrogen-bond donors (Lipinski definition) is 1. The van der Waals surface area contributed by atoms with Crippen molar-refractivity contribution in [2.24, 2.45) is 0 Å². The topological polar surface area (TPSA) is 51.0 Å². The second-order valence-electron chi connectivity index (χ2n) is 3.24. The number of rotatable bonds is 3. The average molecular weight is 258 g/mol. The normalized spacial score (nSPS) is 10.4. The zero-order chi connectivity index (χ0) is 11.5. The summed E-state index contributed by atoms with van der Waals surface area (Å²) in [6.07, 6.45) is 0. The van der Waals surface area contributed by atoms with Crippen LogP contribution in [0, 0.1) is 6.92 Å². The Hall–Kier alpha value is -1.26. The molecule has 0 radical (unpaired) electrons. The van der Waals surface area contributed by atoms with Gasteiger partial charge in [-0.15, -0.1) is 10.2 Å². The molecule has 0 spiro atoms. The van der Waals surface area contributed by atoms with Gasteiger partial charge in [-0.2, -0.15) is 0 Å². The van der Waals surface area contributed by atoms with Crippen LogP contribution in [0.5, 0.6) is 0 Å². The van der Waals surface area contributed by atoms with E-state index in [1.54, 1.807) is 6.07 Å². The highest BCUT2D eigenvalue weighted by atomic mass is 35.5. The number of halogens is 2. The minimum Gasteiger partial charge on any atom is -0.465 e. The van der Waals surface area contributed by atoms with Gasteiger partial charge in [0.15, 0.2) is 10.3 Å². The first kappa shape index (κ1) is 11.2. The summed E-state index contributed by atoms with van der Waals surface area (Å²) in [5, 5.41) is 11.0. The molecule has 0 aromatic carbocycles. The smallest absolute Gasteiger partial charge is 0.174 e. The maximum atomic E-state index is 5.84. The predicted molar refractivity (Wildman–Crippen MR) is 62.8 cm³/mol. The third kappa shape index (κ3) is 2.65. The Kier molecular flexibility index (Phi) is 3.31. The van der Waals surface area contributed by atoms with Gasteiger partial charge in [-0.25, -0.2) is 0 Å². The van der Waals surface area contributed by atoms with E-state index in [0.29, 0.717) is 17.4 Å². The van der Waals surface area contributed by atoms with E-state index in [9.17, 15) is 0 Å². The summed E-state index contributed by atoms with van der Waals surface area (Å²) >= 11 is 11.5. The highest BCUT2D eigenvalue weighted by molar-refractivity contribution is 6.33. The zero-order valence-electron chi connectivity index (χ0n) is 8.50. The lowest BCUT2D eigenvalue weighted by Crippen LogP contribution is -2.00. The molecule has 0 atom stereocenters. The van der Waals surface area contributed by atoms with Gasteiger partial charge >= 0.3 is 0 Å². The number of aryl methyl sites for hydroxylation is 1. The van der Waals surface area contributed by atoms with Crippen molar-refractivity contribution in [3.05, 3.63) is 40.0 Å². The molecule has 2 aromatic rings. The van der Waals surface area contributed by atoms with Gasteiger partial charge in [0.2, 0.25) is 0 Å². The van der Waals surface area contributed by atoms with E-state index in [4.69, 9.17) is 27.6 Å². The molecule has 6 heteroatoms. The summed E-state index contributed by atoms with van der Waals surface area (Å²) in [6, 6.07) is 5.41. The maximum Gasteiger partial charge on any atom is 0.174 e. The van der Waals surface area contributed by atoms with Gasteiger partial charge in [-0.3, -0.25) is 0 Å². The molecule has 4 nitrogen and oxygen atoms in total. The van der Waals surface area contributed by atoms with Gasteiger partial charge in [0, 0.05) is 6.07 Å². The third-order valence-electron chi connectivity index (χ3n) is 1.97. The van der Waals surface area contributed by atoms with Crippen LogP contribution in [0.1, 0.15) is 11.5 Å². The Balaban J connectivity index is 2.07. The van der Waals surface area contributed by atoms with Gasteiger partial charge in [0.05, 0.1) is 12.2 Å². The van der Waals surface area contributed by atoms with Crippen LogP contribution in [0.15, 0.2) is 22.6 Å². The molecule has 0 aliphatic heterocycles. The fourth-order valence-electron chi connectivity index (χ4n) is 1.24. The Morgan fingerprint density at radius 1 is 1.31 bits per heavy atom. The summed E-state index contributed by atoms with van der Waals surface area (Å²) in [7, 11) is 0. The Labute approximate surface area is 103 Å². The van der Waals surface area contributed by atoms with E-state index < -0.39 is 0 Å². The number of nitrogens with zero attached hydrogens (tertiary/aromatic N) is 2. The highest BCUT2D eigenvalue weighted by Gasteiger charge is 2.05. The van der Waals surface area contributed by atoms with Crippen molar-refractivity contribution < 1.29 is 4.42 Å². The van der Waals surface area contributed by atoms with Gasteiger partial charge in [0.25, 0.3) is 0 Å². The van der Waals surface area contributed by atoms with Crippen LogP contribution < -0.4 is 5.32 Å². The number of aromatic nitrogens is 2. The third-order valence-corrected chi connectivity index (χ3v) is 2.43. The lowest BCUT2D eigenvalue weighted by molar-refractivity contribution is 0.490. The average Bonchev–Trinajstić information content (AvgIpc) is 2.66. The van der Waals surface area contributed by atoms with E-state index >= 15 is 0 Å². The Morgan fingerprint density at radius 2 is 2.12 bits per heavy atom. The second kappa shape index (κ2) is 4.72. The first-order valence-corrected chi connectivity index (χ1v) is 5.38. The monoisotopic (exact) mass is 257 g/mol. The minimum atomic E-state index is 0.285. The molecule has 0 aliphatic rings. The Morgan fingerprint density at radius 3 is 2.81 bits per heavy atom. The van der Waals surface area contributed by atoms with Crippen LogP contribution in [0.2, 0.25) is 10.3 Å². The Bertz CT molecular complexity index is 499. The van der Waals surface area contributed by atoms with Crippen molar-refractivity contribution in [3.63, 3.8) is 0 Å². The molecule has 0 unspecified atom stereocenters. The molecule has 0 aliphatic carbocycles. The van der Waals surface area contributed by atoms with Crippen molar-refractivity contribution >= 4 is 28.9 Å². The minimum absolute atomic E-state index is 0.285. The second-order valence-corrected chi connectivity index (χ2v) is 3.98. The molecule has 2 heterocycles. The van der Waals surface area contributed by atoms with E-state index in [2.05, 4.69) is 15.5 Å². The molecule has 2 aromatic heterocycles. The van der Waals surface area contributed by atoms with E-state index in [1.807, 2.05) is 19.1 Å². The number of hydrogen-bond acceptors (Lipinski definition) is 4. The quantitative estimate of drug-likeness (QED) is 0.917.